The van der Waals surface area contributed by atoms with Crippen molar-refractivity contribution in [2.24, 2.45) is 0 Å². The Morgan fingerprint density at radius 1 is 1.05 bits per heavy atom. The largest absolute Gasteiger partial charge is 0.508 e. The molecule has 4 nitrogen and oxygen atoms in total. The third-order valence-electron chi connectivity index (χ3n) is 3.24. The molecular formula is C16H19NO3. The van der Waals surface area contributed by atoms with Crippen molar-refractivity contribution in [3.05, 3.63) is 54.1 Å². The van der Waals surface area contributed by atoms with E-state index in [9.17, 15) is 10.2 Å². The fourth-order valence-corrected chi connectivity index (χ4v) is 2.12. The van der Waals surface area contributed by atoms with Crippen LogP contribution in [-0.4, -0.2) is 34.6 Å². The van der Waals surface area contributed by atoms with E-state index >= 15 is 0 Å². The van der Waals surface area contributed by atoms with Crippen LogP contribution >= 0.6 is 0 Å². The van der Waals surface area contributed by atoms with Gasteiger partial charge in [-0.3, -0.25) is 0 Å². The molecular weight excluding hydrogens is 254 g/mol. The number of rotatable bonds is 5. The molecule has 0 heterocycles. The lowest BCUT2D eigenvalue weighted by Crippen LogP contribution is -2.31. The van der Waals surface area contributed by atoms with Crippen molar-refractivity contribution in [1.29, 1.82) is 0 Å². The third-order valence-corrected chi connectivity index (χ3v) is 3.24. The zero-order valence-corrected chi connectivity index (χ0v) is 11.4. The van der Waals surface area contributed by atoms with Crippen molar-refractivity contribution in [1.82, 2.24) is 0 Å². The summed E-state index contributed by atoms with van der Waals surface area (Å²) in [5, 5.41) is 28.7. The third kappa shape index (κ3) is 3.10. The number of aromatic hydroxyl groups is 1. The molecule has 0 amide bonds. The molecule has 0 saturated heterocycles. The van der Waals surface area contributed by atoms with Crippen LogP contribution in [0.5, 0.6) is 5.75 Å². The zero-order valence-electron chi connectivity index (χ0n) is 11.4. The molecule has 0 aliphatic rings. The minimum atomic E-state index is -0.850. The molecule has 106 valence electrons. The normalized spacial score (nSPS) is 12.2. The number of phenols is 1. The van der Waals surface area contributed by atoms with Gasteiger partial charge in [0.05, 0.1) is 19.3 Å². The van der Waals surface area contributed by atoms with Crippen LogP contribution < -0.4 is 4.90 Å². The predicted octanol–water partition coefficient (Wildman–Crippen LogP) is 2.19. The molecule has 2 rings (SSSR count). The lowest BCUT2D eigenvalue weighted by atomic mass is 10.1. The fraction of sp³-hybridized carbons (Fsp3) is 0.250. The van der Waals surface area contributed by atoms with Gasteiger partial charge < -0.3 is 20.2 Å². The standard InChI is InChI=1S/C16H19NO3/c1-12-15(8-5-9-16(12)20)17(10-14(19)11-18)13-6-3-2-4-7-13/h2-9,14,18-20H,10-11H2,1H3. The average molecular weight is 273 g/mol. The van der Waals surface area contributed by atoms with Gasteiger partial charge in [-0.25, -0.2) is 0 Å². The Kier molecular flexibility index (Phi) is 4.61. The smallest absolute Gasteiger partial charge is 0.120 e. The van der Waals surface area contributed by atoms with Gasteiger partial charge in [0.25, 0.3) is 0 Å². The van der Waals surface area contributed by atoms with Crippen LogP contribution in [0.25, 0.3) is 0 Å². The molecule has 20 heavy (non-hydrogen) atoms. The Bertz CT molecular complexity index is 557. The molecule has 0 fully saturated rings. The fourth-order valence-electron chi connectivity index (χ4n) is 2.12. The Morgan fingerprint density at radius 3 is 2.40 bits per heavy atom. The summed E-state index contributed by atoms with van der Waals surface area (Å²) >= 11 is 0. The number of hydrogen-bond donors (Lipinski definition) is 3. The van der Waals surface area contributed by atoms with Gasteiger partial charge in [0.2, 0.25) is 0 Å². The minimum Gasteiger partial charge on any atom is -0.508 e. The highest BCUT2D eigenvalue weighted by molar-refractivity contribution is 5.68. The second-order valence-electron chi connectivity index (χ2n) is 4.70. The second kappa shape index (κ2) is 6.41. The number of nitrogens with zero attached hydrogens (tertiary/aromatic N) is 1. The molecule has 3 N–H and O–H groups in total. The molecule has 0 radical (unpaired) electrons. The van der Waals surface area contributed by atoms with Gasteiger partial charge in [0.15, 0.2) is 0 Å². The van der Waals surface area contributed by atoms with Crippen molar-refractivity contribution in [3.63, 3.8) is 0 Å². The first-order valence-corrected chi connectivity index (χ1v) is 6.53. The van der Waals surface area contributed by atoms with Crippen molar-refractivity contribution >= 4 is 11.4 Å². The molecule has 0 aliphatic heterocycles. The topological polar surface area (TPSA) is 63.9 Å². The average Bonchev–Trinajstić information content (AvgIpc) is 2.48. The Morgan fingerprint density at radius 2 is 1.75 bits per heavy atom. The highest BCUT2D eigenvalue weighted by Gasteiger charge is 2.16. The van der Waals surface area contributed by atoms with Crippen LogP contribution in [-0.2, 0) is 0 Å². The van der Waals surface area contributed by atoms with Gasteiger partial charge in [-0.05, 0) is 31.2 Å². The number of aliphatic hydroxyl groups excluding tert-OH is 2. The van der Waals surface area contributed by atoms with Crippen molar-refractivity contribution in [2.75, 3.05) is 18.1 Å². The summed E-state index contributed by atoms with van der Waals surface area (Å²) in [6, 6.07) is 14.9. The first-order chi connectivity index (χ1) is 9.63. The van der Waals surface area contributed by atoms with E-state index in [1.165, 1.54) is 0 Å². The van der Waals surface area contributed by atoms with Gasteiger partial charge in [-0.15, -0.1) is 0 Å². The van der Waals surface area contributed by atoms with Crippen LogP contribution in [0.4, 0.5) is 11.4 Å². The summed E-state index contributed by atoms with van der Waals surface area (Å²) in [5.74, 6) is 0.210. The summed E-state index contributed by atoms with van der Waals surface area (Å²) in [6.45, 7) is 1.78. The summed E-state index contributed by atoms with van der Waals surface area (Å²) < 4.78 is 0. The zero-order chi connectivity index (χ0) is 14.5. The van der Waals surface area contributed by atoms with E-state index in [-0.39, 0.29) is 18.9 Å². The van der Waals surface area contributed by atoms with Crippen LogP contribution in [0.3, 0.4) is 0 Å². The SMILES string of the molecule is Cc1c(O)cccc1N(CC(O)CO)c1ccccc1. The van der Waals surface area contributed by atoms with Crippen LogP contribution in [0, 0.1) is 6.92 Å². The van der Waals surface area contributed by atoms with Crippen LogP contribution in [0.15, 0.2) is 48.5 Å². The van der Waals surface area contributed by atoms with Crippen LogP contribution in [0.1, 0.15) is 5.56 Å². The minimum absolute atomic E-state index is 0.210. The maximum atomic E-state index is 9.85. The molecule has 0 spiro atoms. The van der Waals surface area contributed by atoms with E-state index in [0.29, 0.717) is 0 Å². The number of benzene rings is 2. The first kappa shape index (κ1) is 14.4. The van der Waals surface area contributed by atoms with Crippen molar-refractivity contribution in [3.8, 4) is 5.75 Å². The van der Waals surface area contributed by atoms with Gasteiger partial charge >= 0.3 is 0 Å². The lowest BCUT2D eigenvalue weighted by molar-refractivity contribution is 0.102. The van der Waals surface area contributed by atoms with E-state index < -0.39 is 6.10 Å². The quantitative estimate of drug-likeness (QED) is 0.781. The molecule has 2 aromatic carbocycles. The van der Waals surface area contributed by atoms with Crippen LogP contribution in [0.2, 0.25) is 0 Å². The summed E-state index contributed by atoms with van der Waals surface area (Å²) in [6.07, 6.45) is -0.850. The Hall–Kier alpha value is -2.04. The van der Waals surface area contributed by atoms with E-state index in [4.69, 9.17) is 5.11 Å². The highest BCUT2D eigenvalue weighted by Crippen LogP contribution is 2.32. The second-order valence-corrected chi connectivity index (χ2v) is 4.70. The molecule has 0 saturated carbocycles. The predicted molar refractivity (Wildman–Crippen MR) is 79.4 cm³/mol. The number of hydrogen-bond acceptors (Lipinski definition) is 4. The Labute approximate surface area is 118 Å². The van der Waals surface area contributed by atoms with E-state index in [2.05, 4.69) is 0 Å². The maximum Gasteiger partial charge on any atom is 0.120 e. The summed E-state index contributed by atoms with van der Waals surface area (Å²) in [5.41, 5.74) is 2.44. The monoisotopic (exact) mass is 273 g/mol. The first-order valence-electron chi connectivity index (χ1n) is 6.53. The molecule has 0 aliphatic carbocycles. The van der Waals surface area contributed by atoms with Gasteiger partial charge in [0.1, 0.15) is 5.75 Å². The molecule has 1 atom stereocenters. The number of phenolic OH excluding ortho intramolecular Hbond substituents is 1. The van der Waals surface area contributed by atoms with Gasteiger partial charge in [-0.2, -0.15) is 0 Å². The van der Waals surface area contributed by atoms with E-state index in [0.717, 1.165) is 16.9 Å². The molecule has 4 heteroatoms. The highest BCUT2D eigenvalue weighted by atomic mass is 16.3. The molecule has 2 aromatic rings. The van der Waals surface area contributed by atoms with E-state index in [1.807, 2.05) is 48.2 Å². The number of para-hydroxylation sites is 1. The van der Waals surface area contributed by atoms with Crippen molar-refractivity contribution < 1.29 is 15.3 Å². The summed E-state index contributed by atoms with van der Waals surface area (Å²) in [7, 11) is 0. The maximum absolute atomic E-state index is 9.85. The molecule has 0 aromatic heterocycles. The number of anilines is 2. The Balaban J connectivity index is 2.43. The number of aliphatic hydroxyl groups is 2. The lowest BCUT2D eigenvalue weighted by Gasteiger charge is -2.28. The molecule has 0 bridgehead atoms. The van der Waals surface area contributed by atoms with Crippen molar-refractivity contribution in [2.45, 2.75) is 13.0 Å². The van der Waals surface area contributed by atoms with Gasteiger partial charge in [0, 0.05) is 16.9 Å². The molecule has 1 unspecified atom stereocenters. The van der Waals surface area contributed by atoms with Gasteiger partial charge in [-0.1, -0.05) is 24.3 Å². The summed E-state index contributed by atoms with van der Waals surface area (Å²) in [4.78, 5) is 1.88. The van der Waals surface area contributed by atoms with E-state index in [1.54, 1.807) is 12.1 Å².